The van der Waals surface area contributed by atoms with Gasteiger partial charge in [-0.2, -0.15) is 0 Å². The maximum Gasteiger partial charge on any atom is 0.410 e. The number of piperazine rings is 1. The van der Waals surface area contributed by atoms with Gasteiger partial charge >= 0.3 is 12.1 Å². The number of carbonyl (C=O) groups excluding carboxylic acids is 2. The lowest BCUT2D eigenvalue weighted by Gasteiger charge is -2.37. The zero-order chi connectivity index (χ0) is 21.3. The first-order chi connectivity index (χ1) is 12.8. The number of benzene rings is 1. The third-order valence-electron chi connectivity index (χ3n) is 4.35. The SMILES string of the molecule is Cc1c(N)cc(N2CCN(C(=O)OC(C)(C)C)CC2)cc1C(=O)OC(C)(C)C. The first-order valence-electron chi connectivity index (χ1n) is 9.63. The van der Waals surface area contributed by atoms with Crippen LogP contribution in [0, 0.1) is 6.92 Å². The van der Waals surface area contributed by atoms with Crippen molar-refractivity contribution in [1.29, 1.82) is 0 Å². The van der Waals surface area contributed by atoms with Crippen LogP contribution in [0.5, 0.6) is 0 Å². The third-order valence-corrected chi connectivity index (χ3v) is 4.35. The lowest BCUT2D eigenvalue weighted by Crippen LogP contribution is -2.50. The Kier molecular flexibility index (Phi) is 6.16. The summed E-state index contributed by atoms with van der Waals surface area (Å²) in [4.78, 5) is 28.6. The number of hydrogen-bond donors (Lipinski definition) is 1. The highest BCUT2D eigenvalue weighted by Crippen LogP contribution is 2.28. The predicted molar refractivity (Wildman–Crippen MR) is 111 cm³/mol. The fourth-order valence-corrected chi connectivity index (χ4v) is 2.92. The van der Waals surface area contributed by atoms with Gasteiger partial charge in [-0.15, -0.1) is 0 Å². The summed E-state index contributed by atoms with van der Waals surface area (Å²) in [6, 6.07) is 3.69. The number of carbonyl (C=O) groups is 2. The van der Waals surface area contributed by atoms with Crippen LogP contribution in [0.2, 0.25) is 0 Å². The Labute approximate surface area is 167 Å². The second kappa shape index (κ2) is 7.89. The van der Waals surface area contributed by atoms with Crippen LogP contribution < -0.4 is 10.6 Å². The number of anilines is 2. The average Bonchev–Trinajstić information content (AvgIpc) is 2.54. The Morgan fingerprint density at radius 2 is 1.46 bits per heavy atom. The maximum absolute atomic E-state index is 12.6. The molecule has 1 aliphatic heterocycles. The summed E-state index contributed by atoms with van der Waals surface area (Å²) >= 11 is 0. The van der Waals surface area contributed by atoms with Crippen LogP contribution in [0.4, 0.5) is 16.2 Å². The molecular formula is C21H33N3O4. The standard InChI is InChI=1S/C21H33N3O4/c1-14-16(18(25)27-20(2,3)4)12-15(13-17(14)22)23-8-10-24(11-9-23)19(26)28-21(5,6)7/h12-13H,8-11,22H2,1-7H3. The summed E-state index contributed by atoms with van der Waals surface area (Å²) in [7, 11) is 0. The van der Waals surface area contributed by atoms with Crippen molar-refractivity contribution in [1.82, 2.24) is 4.90 Å². The molecule has 2 N–H and O–H groups in total. The summed E-state index contributed by atoms with van der Waals surface area (Å²) in [6.45, 7) is 15.3. The summed E-state index contributed by atoms with van der Waals surface area (Å²) in [5.74, 6) is -0.383. The van der Waals surface area contributed by atoms with E-state index < -0.39 is 11.2 Å². The molecule has 156 valence electrons. The molecule has 0 radical (unpaired) electrons. The minimum Gasteiger partial charge on any atom is -0.456 e. The second-order valence-electron chi connectivity index (χ2n) is 9.16. The maximum atomic E-state index is 12.6. The van der Waals surface area contributed by atoms with E-state index in [2.05, 4.69) is 4.90 Å². The fraction of sp³-hybridized carbons (Fsp3) is 0.619. The van der Waals surface area contributed by atoms with Gasteiger partial charge in [-0.25, -0.2) is 9.59 Å². The molecule has 1 heterocycles. The minimum atomic E-state index is -0.576. The molecule has 1 fully saturated rings. The molecule has 1 amide bonds. The van der Waals surface area contributed by atoms with Crippen molar-refractivity contribution in [3.8, 4) is 0 Å². The quantitative estimate of drug-likeness (QED) is 0.613. The zero-order valence-electron chi connectivity index (χ0n) is 18.1. The number of nitrogens with zero attached hydrogens (tertiary/aromatic N) is 2. The van der Waals surface area contributed by atoms with Crippen LogP contribution in [0.1, 0.15) is 57.5 Å². The molecule has 0 spiro atoms. The Bertz CT molecular complexity index is 739. The van der Waals surface area contributed by atoms with Crippen molar-refractivity contribution >= 4 is 23.4 Å². The van der Waals surface area contributed by atoms with Gasteiger partial charge in [-0.1, -0.05) is 0 Å². The zero-order valence-corrected chi connectivity index (χ0v) is 18.1. The largest absolute Gasteiger partial charge is 0.456 e. The Morgan fingerprint density at radius 1 is 0.929 bits per heavy atom. The number of ether oxygens (including phenoxy) is 2. The highest BCUT2D eigenvalue weighted by atomic mass is 16.6. The van der Waals surface area contributed by atoms with Crippen molar-refractivity contribution < 1.29 is 19.1 Å². The summed E-state index contributed by atoms with van der Waals surface area (Å²) in [6.07, 6.45) is -0.301. The van der Waals surface area contributed by atoms with E-state index in [1.54, 1.807) is 4.90 Å². The third kappa shape index (κ3) is 5.78. The molecule has 0 aliphatic carbocycles. The van der Waals surface area contributed by atoms with E-state index in [-0.39, 0.29) is 12.1 Å². The Hall–Kier alpha value is -2.44. The molecule has 0 atom stereocenters. The van der Waals surface area contributed by atoms with Gasteiger partial charge in [0.1, 0.15) is 11.2 Å². The van der Waals surface area contributed by atoms with Crippen molar-refractivity contribution in [2.24, 2.45) is 0 Å². The van der Waals surface area contributed by atoms with Gasteiger partial charge in [-0.05, 0) is 66.2 Å². The van der Waals surface area contributed by atoms with Gasteiger partial charge in [-0.3, -0.25) is 0 Å². The first-order valence-corrected chi connectivity index (χ1v) is 9.63. The highest BCUT2D eigenvalue weighted by molar-refractivity contribution is 5.94. The van der Waals surface area contributed by atoms with Crippen molar-refractivity contribution in [3.63, 3.8) is 0 Å². The number of nitrogens with two attached hydrogens (primary N) is 1. The molecule has 0 saturated carbocycles. The van der Waals surface area contributed by atoms with Crippen molar-refractivity contribution in [3.05, 3.63) is 23.3 Å². The molecule has 0 aromatic heterocycles. The van der Waals surface area contributed by atoms with E-state index in [0.717, 1.165) is 5.69 Å². The number of amides is 1. The van der Waals surface area contributed by atoms with E-state index in [4.69, 9.17) is 15.2 Å². The van der Waals surface area contributed by atoms with Crippen LogP contribution in [-0.4, -0.2) is 54.3 Å². The van der Waals surface area contributed by atoms with Crippen LogP contribution in [0.25, 0.3) is 0 Å². The number of nitrogen functional groups attached to an aromatic ring is 1. The van der Waals surface area contributed by atoms with Crippen LogP contribution in [0.3, 0.4) is 0 Å². The van der Waals surface area contributed by atoms with Crippen LogP contribution >= 0.6 is 0 Å². The second-order valence-corrected chi connectivity index (χ2v) is 9.16. The smallest absolute Gasteiger partial charge is 0.410 e. The van der Waals surface area contributed by atoms with E-state index in [1.165, 1.54) is 0 Å². The van der Waals surface area contributed by atoms with Gasteiger partial charge in [0, 0.05) is 37.6 Å². The number of rotatable bonds is 2. The normalized spacial score (nSPS) is 15.4. The van der Waals surface area contributed by atoms with Gasteiger partial charge in [0.05, 0.1) is 5.56 Å². The number of esters is 1. The molecule has 1 saturated heterocycles. The molecule has 0 bridgehead atoms. The number of hydrogen-bond acceptors (Lipinski definition) is 6. The molecule has 7 heteroatoms. The van der Waals surface area contributed by atoms with Crippen LogP contribution in [-0.2, 0) is 9.47 Å². The first kappa shape index (κ1) is 21.9. The van der Waals surface area contributed by atoms with E-state index in [9.17, 15) is 9.59 Å². The van der Waals surface area contributed by atoms with Gasteiger partial charge in [0.25, 0.3) is 0 Å². The lowest BCUT2D eigenvalue weighted by molar-refractivity contribution is 0.00683. The van der Waals surface area contributed by atoms with Crippen molar-refractivity contribution in [2.75, 3.05) is 36.8 Å². The Morgan fingerprint density at radius 3 is 1.96 bits per heavy atom. The average molecular weight is 392 g/mol. The predicted octanol–water partition coefficient (Wildman–Crippen LogP) is 3.59. The molecular weight excluding hydrogens is 358 g/mol. The molecule has 1 aromatic rings. The lowest BCUT2D eigenvalue weighted by atomic mass is 10.0. The van der Waals surface area contributed by atoms with E-state index in [1.807, 2.05) is 60.6 Å². The fourth-order valence-electron chi connectivity index (χ4n) is 2.92. The van der Waals surface area contributed by atoms with Gasteiger partial charge < -0.3 is 25.0 Å². The summed E-state index contributed by atoms with van der Waals surface area (Å²) in [5.41, 5.74) is 7.66. The molecule has 2 rings (SSSR count). The molecule has 0 unspecified atom stereocenters. The van der Waals surface area contributed by atoms with Crippen LogP contribution in [0.15, 0.2) is 12.1 Å². The topological polar surface area (TPSA) is 85.1 Å². The Balaban J connectivity index is 2.13. The molecule has 1 aliphatic rings. The monoisotopic (exact) mass is 391 g/mol. The molecule has 1 aromatic carbocycles. The minimum absolute atomic E-state index is 0.301. The van der Waals surface area contributed by atoms with E-state index >= 15 is 0 Å². The molecule has 7 nitrogen and oxygen atoms in total. The van der Waals surface area contributed by atoms with Gasteiger partial charge in [0.2, 0.25) is 0 Å². The van der Waals surface area contributed by atoms with E-state index in [0.29, 0.717) is 43.0 Å². The van der Waals surface area contributed by atoms with Crippen molar-refractivity contribution in [2.45, 2.75) is 59.7 Å². The van der Waals surface area contributed by atoms with Gasteiger partial charge in [0.15, 0.2) is 0 Å². The molecule has 28 heavy (non-hydrogen) atoms. The highest BCUT2D eigenvalue weighted by Gasteiger charge is 2.27. The summed E-state index contributed by atoms with van der Waals surface area (Å²) < 4.78 is 11.0. The summed E-state index contributed by atoms with van der Waals surface area (Å²) in [5, 5.41) is 0.